The van der Waals surface area contributed by atoms with Crippen LogP contribution < -0.4 is 0 Å². The molecule has 1 N–H and O–H groups in total. The monoisotopic (exact) mass is 282 g/mol. The van der Waals surface area contributed by atoms with Crippen molar-refractivity contribution in [1.29, 1.82) is 0 Å². The van der Waals surface area contributed by atoms with Crippen LogP contribution in [0.25, 0.3) is 0 Å². The van der Waals surface area contributed by atoms with E-state index in [9.17, 15) is 5.11 Å². The highest BCUT2D eigenvalue weighted by molar-refractivity contribution is 5.32. The Balaban J connectivity index is 1.68. The number of benzene rings is 1. The first-order valence-corrected chi connectivity index (χ1v) is 7.93. The maximum absolute atomic E-state index is 11.4. The standard InChI is InChI=1S/C18H22N2O/c1-20-9-8-17(19-20)12-18(21)15-6-7-16(18)11-14-5-3-2-4-13(14)10-15/h2-5,8-9,15-16,21H,6-7,10-12H2,1H3. The molecule has 2 atom stereocenters. The maximum atomic E-state index is 11.4. The number of aryl methyl sites for hydroxylation is 1. The predicted octanol–water partition coefficient (Wildman–Crippen LogP) is 2.52. The lowest BCUT2D eigenvalue weighted by molar-refractivity contribution is -0.0338. The van der Waals surface area contributed by atoms with Crippen LogP contribution in [-0.2, 0) is 26.3 Å². The normalized spacial score (nSPS) is 31.0. The molecule has 1 aromatic heterocycles. The number of nitrogens with zero attached hydrogens (tertiary/aromatic N) is 2. The average Bonchev–Trinajstić information content (AvgIpc) is 2.93. The van der Waals surface area contributed by atoms with Gasteiger partial charge in [-0.2, -0.15) is 5.10 Å². The van der Waals surface area contributed by atoms with Crippen molar-refractivity contribution in [2.24, 2.45) is 18.9 Å². The van der Waals surface area contributed by atoms with Gasteiger partial charge >= 0.3 is 0 Å². The van der Waals surface area contributed by atoms with E-state index in [4.69, 9.17) is 0 Å². The van der Waals surface area contributed by atoms with Crippen LogP contribution in [0.2, 0.25) is 0 Å². The Morgan fingerprint density at radius 2 is 1.76 bits per heavy atom. The molecular weight excluding hydrogens is 260 g/mol. The predicted molar refractivity (Wildman–Crippen MR) is 81.9 cm³/mol. The lowest BCUT2D eigenvalue weighted by Crippen LogP contribution is -2.42. The summed E-state index contributed by atoms with van der Waals surface area (Å²) in [6.07, 6.45) is 6.96. The van der Waals surface area contributed by atoms with E-state index in [1.54, 1.807) is 0 Å². The van der Waals surface area contributed by atoms with Gasteiger partial charge in [0.25, 0.3) is 0 Å². The van der Waals surface area contributed by atoms with Gasteiger partial charge in [0.1, 0.15) is 0 Å². The summed E-state index contributed by atoms with van der Waals surface area (Å²) in [5.74, 6) is 0.737. The van der Waals surface area contributed by atoms with Crippen LogP contribution in [0.5, 0.6) is 0 Å². The second-order valence-electron chi connectivity index (χ2n) is 6.80. The molecule has 3 nitrogen and oxygen atoms in total. The Kier molecular flexibility index (Phi) is 2.93. The Labute approximate surface area is 125 Å². The van der Waals surface area contributed by atoms with Crippen molar-refractivity contribution in [3.63, 3.8) is 0 Å². The van der Waals surface area contributed by atoms with Crippen LogP contribution >= 0.6 is 0 Å². The molecule has 0 amide bonds. The molecule has 0 spiro atoms. The molecule has 2 unspecified atom stereocenters. The van der Waals surface area contributed by atoms with E-state index in [1.165, 1.54) is 11.1 Å². The lowest BCUT2D eigenvalue weighted by Gasteiger charge is -2.33. The number of rotatable bonds is 2. The maximum Gasteiger partial charge on any atom is 0.0766 e. The van der Waals surface area contributed by atoms with E-state index in [0.717, 1.165) is 31.4 Å². The van der Waals surface area contributed by atoms with Gasteiger partial charge < -0.3 is 5.11 Å². The molecule has 2 aromatic rings. The summed E-state index contributed by atoms with van der Waals surface area (Å²) in [5.41, 5.74) is 3.30. The molecule has 3 heteroatoms. The Hall–Kier alpha value is -1.61. The van der Waals surface area contributed by atoms with Crippen LogP contribution in [0.4, 0.5) is 0 Å². The summed E-state index contributed by atoms with van der Waals surface area (Å²) in [6, 6.07) is 10.7. The van der Waals surface area contributed by atoms with Crippen molar-refractivity contribution in [2.75, 3.05) is 0 Å². The first kappa shape index (κ1) is 13.1. The molecule has 0 radical (unpaired) electrons. The smallest absolute Gasteiger partial charge is 0.0766 e. The molecule has 21 heavy (non-hydrogen) atoms. The summed E-state index contributed by atoms with van der Waals surface area (Å²) >= 11 is 0. The third kappa shape index (κ3) is 2.11. The average molecular weight is 282 g/mol. The van der Waals surface area contributed by atoms with Crippen LogP contribution in [0.3, 0.4) is 0 Å². The summed E-state index contributed by atoms with van der Waals surface area (Å²) in [5, 5.41) is 15.9. The molecule has 0 aliphatic heterocycles. The van der Waals surface area contributed by atoms with E-state index >= 15 is 0 Å². The molecule has 1 heterocycles. The van der Waals surface area contributed by atoms with Crippen molar-refractivity contribution < 1.29 is 5.11 Å². The van der Waals surface area contributed by atoms with E-state index in [1.807, 2.05) is 24.0 Å². The van der Waals surface area contributed by atoms with Gasteiger partial charge in [0.05, 0.1) is 11.3 Å². The molecule has 1 saturated carbocycles. The molecule has 2 aliphatic carbocycles. The number of hydrogen-bond donors (Lipinski definition) is 1. The summed E-state index contributed by atoms with van der Waals surface area (Å²) < 4.78 is 1.83. The van der Waals surface area contributed by atoms with Gasteiger partial charge in [-0.3, -0.25) is 4.68 Å². The molecule has 1 aromatic carbocycles. The fourth-order valence-corrected chi connectivity index (χ4v) is 4.42. The van der Waals surface area contributed by atoms with Crippen LogP contribution in [0, 0.1) is 11.8 Å². The van der Waals surface area contributed by atoms with Crippen molar-refractivity contribution in [2.45, 2.75) is 37.7 Å². The lowest BCUT2D eigenvalue weighted by atomic mass is 9.79. The third-order valence-corrected chi connectivity index (χ3v) is 5.56. The van der Waals surface area contributed by atoms with Gasteiger partial charge in [-0.15, -0.1) is 0 Å². The summed E-state index contributed by atoms with van der Waals surface area (Å²) in [4.78, 5) is 0. The minimum atomic E-state index is -0.590. The minimum Gasteiger partial charge on any atom is -0.389 e. The fraction of sp³-hybridized carbons (Fsp3) is 0.500. The second kappa shape index (κ2) is 4.70. The van der Waals surface area contributed by atoms with E-state index in [-0.39, 0.29) is 0 Å². The van der Waals surface area contributed by atoms with E-state index < -0.39 is 5.60 Å². The SMILES string of the molecule is Cn1ccc(CC2(O)C3CCC2Cc2ccccc2C3)n1. The van der Waals surface area contributed by atoms with Crippen LogP contribution in [0.15, 0.2) is 36.5 Å². The van der Waals surface area contributed by atoms with Gasteiger partial charge in [-0.05, 0) is 54.7 Å². The van der Waals surface area contributed by atoms with Gasteiger partial charge in [-0.1, -0.05) is 24.3 Å². The molecular formula is C18H22N2O. The topological polar surface area (TPSA) is 38.0 Å². The van der Waals surface area contributed by atoms with Crippen LogP contribution in [-0.4, -0.2) is 20.5 Å². The van der Waals surface area contributed by atoms with Crippen molar-refractivity contribution >= 4 is 0 Å². The fourth-order valence-electron chi connectivity index (χ4n) is 4.42. The zero-order chi connectivity index (χ0) is 14.4. The number of fused-ring (bicyclic) bond motifs is 3. The summed E-state index contributed by atoms with van der Waals surface area (Å²) in [7, 11) is 1.94. The van der Waals surface area contributed by atoms with Crippen LogP contribution in [0.1, 0.15) is 29.7 Å². The van der Waals surface area contributed by atoms with Crippen molar-refractivity contribution in [3.8, 4) is 0 Å². The Bertz CT molecular complexity index is 628. The Morgan fingerprint density at radius 1 is 1.14 bits per heavy atom. The molecule has 2 bridgehead atoms. The second-order valence-corrected chi connectivity index (χ2v) is 6.80. The van der Waals surface area contributed by atoms with Crippen molar-refractivity contribution in [3.05, 3.63) is 53.3 Å². The number of hydrogen-bond acceptors (Lipinski definition) is 2. The molecule has 0 saturated heterocycles. The quantitative estimate of drug-likeness (QED) is 0.919. The van der Waals surface area contributed by atoms with Gasteiger partial charge in [-0.25, -0.2) is 0 Å². The number of aromatic nitrogens is 2. The van der Waals surface area contributed by atoms with E-state index in [0.29, 0.717) is 18.3 Å². The number of aliphatic hydroxyl groups is 1. The highest BCUT2D eigenvalue weighted by Crippen LogP contribution is 2.48. The largest absolute Gasteiger partial charge is 0.389 e. The molecule has 2 aliphatic rings. The van der Waals surface area contributed by atoms with Gasteiger partial charge in [0.2, 0.25) is 0 Å². The first-order chi connectivity index (χ1) is 10.1. The van der Waals surface area contributed by atoms with Crippen molar-refractivity contribution in [1.82, 2.24) is 9.78 Å². The van der Waals surface area contributed by atoms with Gasteiger partial charge in [0, 0.05) is 19.7 Å². The molecule has 1 fully saturated rings. The first-order valence-electron chi connectivity index (χ1n) is 7.93. The zero-order valence-corrected chi connectivity index (χ0v) is 12.5. The summed E-state index contributed by atoms with van der Waals surface area (Å²) in [6.45, 7) is 0. The molecule has 4 rings (SSSR count). The third-order valence-electron chi connectivity index (χ3n) is 5.56. The minimum absolute atomic E-state index is 0.369. The van der Waals surface area contributed by atoms with Gasteiger partial charge in [0.15, 0.2) is 0 Å². The zero-order valence-electron chi connectivity index (χ0n) is 12.5. The Morgan fingerprint density at radius 3 is 2.29 bits per heavy atom. The highest BCUT2D eigenvalue weighted by atomic mass is 16.3. The molecule has 110 valence electrons. The van der Waals surface area contributed by atoms with E-state index in [2.05, 4.69) is 29.4 Å². The highest BCUT2D eigenvalue weighted by Gasteiger charge is 2.50.